The highest BCUT2D eigenvalue weighted by atomic mass is 16.2. The van der Waals surface area contributed by atoms with Gasteiger partial charge in [0.2, 0.25) is 5.91 Å². The van der Waals surface area contributed by atoms with Gasteiger partial charge in [0, 0.05) is 32.2 Å². The predicted molar refractivity (Wildman–Crippen MR) is 82.7 cm³/mol. The molecule has 6 heteroatoms. The third kappa shape index (κ3) is 3.62. The molecule has 0 radical (unpaired) electrons. The fourth-order valence-corrected chi connectivity index (χ4v) is 2.12. The number of nitrogens with two attached hydrogens (primary N) is 1. The van der Waals surface area contributed by atoms with Crippen LogP contribution in [0, 0.1) is 0 Å². The topological polar surface area (TPSA) is 80.4 Å². The number of benzene rings is 1. The maximum Gasteiger partial charge on any atom is 0.316 e. The first-order valence-electron chi connectivity index (χ1n) is 6.50. The first kappa shape index (κ1) is 14.6. The number of hydrogen-bond donors (Lipinski definition) is 2. The van der Waals surface area contributed by atoms with Gasteiger partial charge in [-0.2, -0.15) is 0 Å². The van der Waals surface area contributed by atoms with E-state index in [0.29, 0.717) is 5.69 Å². The number of urea groups is 1. The smallest absolute Gasteiger partial charge is 0.316 e. The fraction of sp³-hybridized carbons (Fsp3) is 0.200. The van der Waals surface area contributed by atoms with Gasteiger partial charge in [0.1, 0.15) is 0 Å². The molecule has 0 saturated carbocycles. The average Bonchev–Trinajstić information content (AvgIpc) is 2.86. The summed E-state index contributed by atoms with van der Waals surface area (Å²) in [7, 11) is 3.88. The lowest BCUT2D eigenvalue weighted by Crippen LogP contribution is -2.19. The predicted octanol–water partition coefficient (Wildman–Crippen LogP) is 1.93. The van der Waals surface area contributed by atoms with E-state index in [1.165, 1.54) is 4.57 Å². The molecule has 0 spiro atoms. The second-order valence-corrected chi connectivity index (χ2v) is 4.89. The maximum atomic E-state index is 12.3. The van der Waals surface area contributed by atoms with Crippen LogP contribution in [0.3, 0.4) is 0 Å². The van der Waals surface area contributed by atoms with Crippen molar-refractivity contribution >= 4 is 23.3 Å². The normalized spacial score (nSPS) is 10.2. The zero-order valence-electron chi connectivity index (χ0n) is 12.0. The summed E-state index contributed by atoms with van der Waals surface area (Å²) in [6.07, 6.45) is 3.43. The second-order valence-electron chi connectivity index (χ2n) is 4.89. The number of nitrogens with zero attached hydrogens (tertiary/aromatic N) is 2. The van der Waals surface area contributed by atoms with Gasteiger partial charge in [0.15, 0.2) is 0 Å². The summed E-state index contributed by atoms with van der Waals surface area (Å²) in [5.41, 5.74) is 7.49. The molecule has 6 nitrogen and oxygen atoms in total. The van der Waals surface area contributed by atoms with E-state index in [4.69, 9.17) is 5.73 Å². The second kappa shape index (κ2) is 6.13. The van der Waals surface area contributed by atoms with Crippen LogP contribution >= 0.6 is 0 Å². The maximum absolute atomic E-state index is 12.3. The summed E-state index contributed by atoms with van der Waals surface area (Å²) in [4.78, 5) is 25.0. The molecular weight excluding hydrogens is 268 g/mol. The van der Waals surface area contributed by atoms with Crippen LogP contribution in [0.25, 0.3) is 0 Å². The highest BCUT2D eigenvalue weighted by Gasteiger charge is 2.11. The Hall–Kier alpha value is -2.76. The standard InChI is InChI=1S/C15H18N4O2/c1-18(2)13-6-4-3-5-11(13)9-14(20)19-8-7-12(10-19)17-15(16)21/h3-8,10H,9H2,1-2H3,(H3,16,17,21). The van der Waals surface area contributed by atoms with E-state index in [2.05, 4.69) is 5.32 Å². The van der Waals surface area contributed by atoms with Crippen LogP contribution in [0.1, 0.15) is 10.4 Å². The lowest BCUT2D eigenvalue weighted by molar-refractivity contribution is 0.0914. The van der Waals surface area contributed by atoms with Gasteiger partial charge in [-0.15, -0.1) is 0 Å². The molecule has 21 heavy (non-hydrogen) atoms. The molecule has 0 aliphatic rings. The molecule has 0 atom stereocenters. The van der Waals surface area contributed by atoms with Gasteiger partial charge in [-0.05, 0) is 17.7 Å². The van der Waals surface area contributed by atoms with Crippen LogP contribution in [0.5, 0.6) is 0 Å². The molecule has 110 valence electrons. The van der Waals surface area contributed by atoms with Crippen LogP contribution in [0.15, 0.2) is 42.7 Å². The van der Waals surface area contributed by atoms with Crippen LogP contribution in [0.4, 0.5) is 16.2 Å². The Morgan fingerprint density at radius 1 is 1.24 bits per heavy atom. The molecule has 2 rings (SSSR count). The molecule has 2 amide bonds. The molecule has 0 fully saturated rings. The number of carbonyl (C=O) groups is 2. The monoisotopic (exact) mass is 286 g/mol. The van der Waals surface area contributed by atoms with Crippen LogP contribution < -0.4 is 16.0 Å². The third-order valence-electron chi connectivity index (χ3n) is 3.06. The average molecular weight is 286 g/mol. The van der Waals surface area contributed by atoms with Crippen molar-refractivity contribution < 1.29 is 9.59 Å². The number of hydrogen-bond acceptors (Lipinski definition) is 3. The minimum atomic E-state index is -0.654. The van der Waals surface area contributed by atoms with E-state index in [0.717, 1.165) is 11.3 Å². The number of para-hydroxylation sites is 1. The van der Waals surface area contributed by atoms with Gasteiger partial charge in [0.05, 0.1) is 12.1 Å². The van der Waals surface area contributed by atoms with Crippen LogP contribution in [-0.4, -0.2) is 30.6 Å². The Bertz CT molecular complexity index is 661. The molecule has 3 N–H and O–H groups in total. The molecule has 1 heterocycles. The van der Waals surface area contributed by atoms with Crippen LogP contribution in [-0.2, 0) is 6.42 Å². The number of carbonyl (C=O) groups excluding carboxylic acids is 2. The van der Waals surface area contributed by atoms with Crippen molar-refractivity contribution in [2.45, 2.75) is 6.42 Å². The van der Waals surface area contributed by atoms with Crippen molar-refractivity contribution in [3.63, 3.8) is 0 Å². The summed E-state index contributed by atoms with van der Waals surface area (Å²) in [6.45, 7) is 0. The molecule has 0 saturated heterocycles. The van der Waals surface area contributed by atoms with Crippen molar-refractivity contribution in [3.05, 3.63) is 48.3 Å². The lowest BCUT2D eigenvalue weighted by atomic mass is 10.1. The fourth-order valence-electron chi connectivity index (χ4n) is 2.12. The minimum absolute atomic E-state index is 0.0816. The summed E-state index contributed by atoms with van der Waals surface area (Å²) in [5, 5.41) is 2.43. The Morgan fingerprint density at radius 3 is 2.62 bits per heavy atom. The number of anilines is 2. The summed E-state index contributed by atoms with van der Waals surface area (Å²) < 4.78 is 1.44. The summed E-state index contributed by atoms with van der Waals surface area (Å²) >= 11 is 0. The van der Waals surface area contributed by atoms with Gasteiger partial charge in [-0.3, -0.25) is 9.36 Å². The van der Waals surface area contributed by atoms with Gasteiger partial charge in [-0.25, -0.2) is 4.79 Å². The van der Waals surface area contributed by atoms with Crippen molar-refractivity contribution in [1.29, 1.82) is 0 Å². The van der Waals surface area contributed by atoms with Crippen molar-refractivity contribution in [2.24, 2.45) is 5.73 Å². The molecule has 2 aromatic rings. The van der Waals surface area contributed by atoms with Crippen LogP contribution in [0.2, 0.25) is 0 Å². The number of primary amides is 1. The SMILES string of the molecule is CN(C)c1ccccc1CC(=O)n1ccc(NC(N)=O)c1. The Balaban J connectivity index is 2.15. The van der Waals surface area contributed by atoms with Gasteiger partial charge < -0.3 is 16.0 Å². The molecule has 1 aromatic heterocycles. The van der Waals surface area contributed by atoms with E-state index in [9.17, 15) is 9.59 Å². The van der Waals surface area contributed by atoms with E-state index in [-0.39, 0.29) is 12.3 Å². The van der Waals surface area contributed by atoms with Crippen molar-refractivity contribution in [1.82, 2.24) is 4.57 Å². The quantitative estimate of drug-likeness (QED) is 0.901. The molecule has 0 aliphatic carbocycles. The summed E-state index contributed by atoms with van der Waals surface area (Å²) in [6, 6.07) is 8.72. The van der Waals surface area contributed by atoms with Gasteiger partial charge in [0.25, 0.3) is 0 Å². The molecular formula is C15H18N4O2. The Labute approximate surface area is 123 Å². The number of rotatable bonds is 4. The number of aromatic nitrogens is 1. The molecule has 0 aliphatic heterocycles. The zero-order chi connectivity index (χ0) is 15.4. The molecule has 1 aromatic carbocycles. The van der Waals surface area contributed by atoms with Gasteiger partial charge >= 0.3 is 6.03 Å². The van der Waals surface area contributed by atoms with E-state index < -0.39 is 6.03 Å². The molecule has 0 bridgehead atoms. The highest BCUT2D eigenvalue weighted by molar-refractivity contribution is 5.89. The van der Waals surface area contributed by atoms with Crippen molar-refractivity contribution in [2.75, 3.05) is 24.3 Å². The minimum Gasteiger partial charge on any atom is -0.377 e. The third-order valence-corrected chi connectivity index (χ3v) is 3.06. The first-order chi connectivity index (χ1) is 9.97. The largest absolute Gasteiger partial charge is 0.377 e. The Morgan fingerprint density at radius 2 is 1.95 bits per heavy atom. The number of nitrogens with one attached hydrogen (secondary N) is 1. The van der Waals surface area contributed by atoms with E-state index >= 15 is 0 Å². The van der Waals surface area contributed by atoms with E-state index in [1.54, 1.807) is 18.5 Å². The number of amides is 2. The zero-order valence-corrected chi connectivity index (χ0v) is 12.0. The Kier molecular flexibility index (Phi) is 4.27. The lowest BCUT2D eigenvalue weighted by Gasteiger charge is -2.16. The molecule has 0 unspecified atom stereocenters. The van der Waals surface area contributed by atoms with Gasteiger partial charge in [-0.1, -0.05) is 18.2 Å². The highest BCUT2D eigenvalue weighted by Crippen LogP contribution is 2.19. The van der Waals surface area contributed by atoms with E-state index in [1.807, 2.05) is 43.3 Å². The first-order valence-corrected chi connectivity index (χ1v) is 6.50. The van der Waals surface area contributed by atoms with Crippen molar-refractivity contribution in [3.8, 4) is 0 Å². The summed E-state index contributed by atoms with van der Waals surface area (Å²) in [5.74, 6) is -0.0816.